The molecule has 0 radical (unpaired) electrons. The van der Waals surface area contributed by atoms with Crippen molar-refractivity contribution in [2.24, 2.45) is 5.92 Å². The Morgan fingerprint density at radius 1 is 1.05 bits per heavy atom. The van der Waals surface area contributed by atoms with Crippen LogP contribution in [0.3, 0.4) is 0 Å². The molecule has 204 valence electrons. The number of carbonyl (C=O) groups is 2. The van der Waals surface area contributed by atoms with E-state index in [9.17, 15) is 35.6 Å². The highest BCUT2D eigenvalue weighted by atomic mass is 35.5. The lowest BCUT2D eigenvalue weighted by Gasteiger charge is -2.31. The van der Waals surface area contributed by atoms with Crippen molar-refractivity contribution in [1.29, 1.82) is 0 Å². The van der Waals surface area contributed by atoms with Gasteiger partial charge in [-0.2, -0.15) is 13.2 Å². The summed E-state index contributed by atoms with van der Waals surface area (Å²) >= 11 is 5.65. The molecular weight excluding hydrogens is 538 g/mol. The van der Waals surface area contributed by atoms with Gasteiger partial charge in [-0.05, 0) is 48.7 Å². The number of hydrogen-bond donors (Lipinski definition) is 1. The monoisotopic (exact) mass is 565 g/mol. The number of rotatable bonds is 10. The lowest BCUT2D eigenvalue weighted by Crippen LogP contribution is -2.51. The van der Waals surface area contributed by atoms with Crippen molar-refractivity contribution in [3.63, 3.8) is 0 Å². The van der Waals surface area contributed by atoms with E-state index < -0.39 is 62.7 Å². The summed E-state index contributed by atoms with van der Waals surface area (Å²) in [5.41, 5.74) is -1.24. The zero-order valence-corrected chi connectivity index (χ0v) is 22.2. The maximum absolute atomic E-state index is 13.4. The number of amides is 2. The second kappa shape index (κ2) is 12.1. The maximum Gasteiger partial charge on any atom is 0.417 e. The molecule has 0 aromatic heterocycles. The average molecular weight is 566 g/mol. The van der Waals surface area contributed by atoms with Crippen LogP contribution in [0.5, 0.6) is 0 Å². The van der Waals surface area contributed by atoms with Gasteiger partial charge in [0, 0.05) is 13.1 Å². The van der Waals surface area contributed by atoms with Crippen molar-refractivity contribution < 1.29 is 35.6 Å². The summed E-state index contributed by atoms with van der Waals surface area (Å²) in [5.74, 6) is -1.77. The molecule has 2 aromatic carbocycles. The number of hydrogen-bond acceptors (Lipinski definition) is 4. The molecule has 1 atom stereocenters. The van der Waals surface area contributed by atoms with Gasteiger partial charge in [0.15, 0.2) is 0 Å². The molecular formula is C24H28ClF4N3O4S. The van der Waals surface area contributed by atoms with Crippen molar-refractivity contribution in [2.75, 3.05) is 23.7 Å². The van der Waals surface area contributed by atoms with Gasteiger partial charge in [0.1, 0.15) is 18.4 Å². The van der Waals surface area contributed by atoms with Crippen molar-refractivity contribution >= 4 is 39.1 Å². The van der Waals surface area contributed by atoms with Crippen LogP contribution < -0.4 is 9.62 Å². The van der Waals surface area contributed by atoms with Gasteiger partial charge in [-0.1, -0.05) is 37.6 Å². The number of sulfonamides is 1. The van der Waals surface area contributed by atoms with Crippen LogP contribution in [-0.2, 0) is 32.3 Å². The second-order valence-electron chi connectivity index (χ2n) is 8.89. The number of alkyl halides is 3. The smallest absolute Gasteiger partial charge is 0.354 e. The zero-order valence-electron chi connectivity index (χ0n) is 20.6. The molecule has 0 saturated carbocycles. The molecule has 2 aromatic rings. The second-order valence-corrected chi connectivity index (χ2v) is 11.2. The van der Waals surface area contributed by atoms with Gasteiger partial charge >= 0.3 is 6.18 Å². The Bertz CT molecular complexity index is 1220. The third-order valence-electron chi connectivity index (χ3n) is 5.34. The van der Waals surface area contributed by atoms with Crippen LogP contribution in [0.25, 0.3) is 0 Å². The number of carbonyl (C=O) groups excluding carboxylic acids is 2. The first kappa shape index (κ1) is 30.4. The van der Waals surface area contributed by atoms with E-state index in [2.05, 4.69) is 5.32 Å². The molecule has 0 saturated heterocycles. The Kier molecular flexibility index (Phi) is 9.95. The van der Waals surface area contributed by atoms with Gasteiger partial charge in [-0.25, -0.2) is 12.8 Å². The van der Waals surface area contributed by atoms with Gasteiger partial charge in [-0.15, -0.1) is 0 Å². The maximum atomic E-state index is 13.4. The molecule has 0 unspecified atom stereocenters. The molecule has 37 heavy (non-hydrogen) atoms. The van der Waals surface area contributed by atoms with Gasteiger partial charge in [0.2, 0.25) is 21.8 Å². The Balaban J connectivity index is 2.45. The highest BCUT2D eigenvalue weighted by Gasteiger charge is 2.35. The predicted octanol–water partition coefficient (Wildman–Crippen LogP) is 4.45. The third-order valence-corrected chi connectivity index (χ3v) is 6.81. The van der Waals surface area contributed by atoms with E-state index in [0.29, 0.717) is 22.5 Å². The molecule has 2 amide bonds. The molecule has 0 bridgehead atoms. The summed E-state index contributed by atoms with van der Waals surface area (Å²) in [7, 11) is -4.24. The molecule has 0 aliphatic heterocycles. The minimum atomic E-state index is -4.86. The van der Waals surface area contributed by atoms with Crippen LogP contribution in [0, 0.1) is 11.7 Å². The quantitative estimate of drug-likeness (QED) is 0.431. The van der Waals surface area contributed by atoms with E-state index in [1.54, 1.807) is 0 Å². The molecule has 0 fully saturated rings. The molecule has 2 rings (SSSR count). The average Bonchev–Trinajstić information content (AvgIpc) is 2.79. The van der Waals surface area contributed by atoms with Gasteiger partial charge in [0.05, 0.1) is 22.5 Å². The molecule has 0 heterocycles. The van der Waals surface area contributed by atoms with E-state index in [-0.39, 0.29) is 12.5 Å². The van der Waals surface area contributed by atoms with E-state index in [0.717, 1.165) is 35.4 Å². The molecule has 0 spiro atoms. The Morgan fingerprint density at radius 3 is 2.16 bits per heavy atom. The fraction of sp³-hybridized carbons (Fsp3) is 0.417. The first-order valence-electron chi connectivity index (χ1n) is 11.2. The minimum absolute atomic E-state index is 0.117. The first-order chi connectivity index (χ1) is 17.0. The molecule has 7 nitrogen and oxygen atoms in total. The van der Waals surface area contributed by atoms with Crippen LogP contribution in [0.4, 0.5) is 23.2 Å². The number of halogens is 5. The normalized spacial score (nSPS) is 12.8. The fourth-order valence-electron chi connectivity index (χ4n) is 3.32. The van der Waals surface area contributed by atoms with Crippen LogP contribution in [0.15, 0.2) is 42.5 Å². The fourth-order valence-corrected chi connectivity index (χ4v) is 4.39. The van der Waals surface area contributed by atoms with Gasteiger partial charge in [-0.3, -0.25) is 13.9 Å². The van der Waals surface area contributed by atoms with Crippen LogP contribution in [0.2, 0.25) is 5.02 Å². The van der Waals surface area contributed by atoms with E-state index >= 15 is 0 Å². The van der Waals surface area contributed by atoms with Crippen molar-refractivity contribution in [2.45, 2.75) is 39.5 Å². The predicted molar refractivity (Wildman–Crippen MR) is 133 cm³/mol. The highest BCUT2D eigenvalue weighted by molar-refractivity contribution is 7.92. The topological polar surface area (TPSA) is 86.8 Å². The minimum Gasteiger partial charge on any atom is -0.354 e. The van der Waals surface area contributed by atoms with Gasteiger partial charge in [0.25, 0.3) is 0 Å². The Morgan fingerprint density at radius 2 is 1.65 bits per heavy atom. The molecule has 1 N–H and O–H groups in total. The largest absolute Gasteiger partial charge is 0.417 e. The summed E-state index contributed by atoms with van der Waals surface area (Å²) in [6, 6.07) is 6.53. The van der Waals surface area contributed by atoms with Crippen LogP contribution >= 0.6 is 11.6 Å². The lowest BCUT2D eigenvalue weighted by atomic mass is 10.1. The van der Waals surface area contributed by atoms with Gasteiger partial charge < -0.3 is 10.2 Å². The Hall–Kier alpha value is -2.86. The van der Waals surface area contributed by atoms with Crippen molar-refractivity contribution in [3.8, 4) is 0 Å². The molecule has 0 aliphatic carbocycles. The van der Waals surface area contributed by atoms with E-state index in [1.807, 2.05) is 13.8 Å². The standard InChI is InChI=1S/C24H28ClF4N3O4S/c1-15(2)12-30-23(34)16(3)31(13-17-5-7-18(26)8-6-17)22(33)14-32(37(4,35)36)19-9-10-21(25)20(11-19)24(27,28)29/h5-11,15-16H,12-14H2,1-4H3,(H,30,34)/t16-/m0/s1. The van der Waals surface area contributed by atoms with Crippen LogP contribution in [0.1, 0.15) is 31.9 Å². The number of anilines is 1. The highest BCUT2D eigenvalue weighted by Crippen LogP contribution is 2.37. The molecule has 13 heteroatoms. The zero-order chi connectivity index (χ0) is 28.1. The number of benzene rings is 2. The third kappa shape index (κ3) is 8.60. The summed E-state index contributed by atoms with van der Waals surface area (Å²) in [6.45, 7) is 4.44. The SMILES string of the molecule is CC(C)CNC(=O)[C@H](C)N(Cc1ccc(F)cc1)C(=O)CN(c1ccc(Cl)c(C(F)(F)F)c1)S(C)(=O)=O. The molecule has 0 aliphatic rings. The van der Waals surface area contributed by atoms with Crippen molar-refractivity contribution in [1.82, 2.24) is 10.2 Å². The van der Waals surface area contributed by atoms with Crippen LogP contribution in [-0.4, -0.2) is 50.5 Å². The summed E-state index contributed by atoms with van der Waals surface area (Å²) in [4.78, 5) is 27.2. The lowest BCUT2D eigenvalue weighted by molar-refractivity contribution is -0.139. The Labute approximate surface area is 218 Å². The van der Waals surface area contributed by atoms with E-state index in [1.165, 1.54) is 19.1 Å². The summed E-state index contributed by atoms with van der Waals surface area (Å²) < 4.78 is 79.1. The summed E-state index contributed by atoms with van der Waals surface area (Å²) in [6.07, 6.45) is -4.12. The summed E-state index contributed by atoms with van der Waals surface area (Å²) in [5, 5.41) is 2.06. The number of nitrogens with zero attached hydrogens (tertiary/aromatic N) is 2. The van der Waals surface area contributed by atoms with Crippen molar-refractivity contribution in [3.05, 3.63) is 64.4 Å². The number of nitrogens with one attached hydrogen (secondary N) is 1. The first-order valence-corrected chi connectivity index (χ1v) is 13.4. The van der Waals surface area contributed by atoms with E-state index in [4.69, 9.17) is 11.6 Å².